The van der Waals surface area contributed by atoms with E-state index in [2.05, 4.69) is 19.7 Å². The highest BCUT2D eigenvalue weighted by Crippen LogP contribution is 2.21. The average Bonchev–Trinajstić information content (AvgIpc) is 2.69. The lowest BCUT2D eigenvalue weighted by atomic mass is 10.4. The topological polar surface area (TPSA) is 108 Å². The van der Waals surface area contributed by atoms with Crippen molar-refractivity contribution in [2.45, 2.75) is 11.9 Å². The predicted molar refractivity (Wildman–Crippen MR) is 60.0 cm³/mol. The van der Waals surface area contributed by atoms with Crippen LogP contribution in [-0.4, -0.2) is 28.5 Å². The Morgan fingerprint density at radius 3 is 2.76 bits per heavy atom. The summed E-state index contributed by atoms with van der Waals surface area (Å²) in [5.74, 6) is 0.114. The number of pyridine rings is 1. The maximum absolute atomic E-state index is 11.8. The molecule has 0 bridgehead atoms. The number of H-pyrrole nitrogens is 1. The molecule has 0 radical (unpaired) electrons. The summed E-state index contributed by atoms with van der Waals surface area (Å²) in [6.07, 6.45) is 2.56. The number of aromatic nitrogens is 3. The van der Waals surface area contributed by atoms with Gasteiger partial charge in [-0.2, -0.15) is 8.42 Å². The third-order valence-corrected chi connectivity index (χ3v) is 3.24. The van der Waals surface area contributed by atoms with E-state index in [1.165, 1.54) is 24.5 Å². The summed E-state index contributed by atoms with van der Waals surface area (Å²) < 4.78 is 25.8. The normalized spacial score (nSPS) is 11.4. The van der Waals surface area contributed by atoms with Crippen LogP contribution in [0.3, 0.4) is 0 Å². The maximum Gasteiger partial charge on any atom is 0.280 e. The summed E-state index contributed by atoms with van der Waals surface area (Å²) in [5, 5.41) is 9.33. The van der Waals surface area contributed by atoms with Crippen molar-refractivity contribution < 1.29 is 13.5 Å². The van der Waals surface area contributed by atoms with Gasteiger partial charge in [-0.15, -0.1) is 0 Å². The van der Waals surface area contributed by atoms with Crippen LogP contribution in [0.5, 0.6) is 5.75 Å². The van der Waals surface area contributed by atoms with Gasteiger partial charge in [0.1, 0.15) is 5.82 Å². The van der Waals surface area contributed by atoms with E-state index in [0.717, 1.165) is 0 Å². The summed E-state index contributed by atoms with van der Waals surface area (Å²) in [5.41, 5.74) is 0. The predicted octanol–water partition coefficient (Wildman–Crippen LogP) is 0.620. The quantitative estimate of drug-likeness (QED) is 0.744. The van der Waals surface area contributed by atoms with Gasteiger partial charge in [-0.05, 0) is 19.1 Å². The van der Waals surface area contributed by atoms with E-state index in [4.69, 9.17) is 0 Å². The molecule has 2 heterocycles. The molecule has 0 aliphatic rings. The van der Waals surface area contributed by atoms with Crippen molar-refractivity contribution in [1.82, 2.24) is 15.0 Å². The lowest BCUT2D eigenvalue weighted by molar-refractivity contribution is 0.475. The van der Waals surface area contributed by atoms with Gasteiger partial charge in [0.2, 0.25) is 0 Å². The summed E-state index contributed by atoms with van der Waals surface area (Å²) in [6.45, 7) is 1.64. The molecule has 0 amide bonds. The highest BCUT2D eigenvalue weighted by atomic mass is 32.2. The molecule has 0 fully saturated rings. The molecule has 90 valence electrons. The van der Waals surface area contributed by atoms with Crippen LogP contribution in [0.15, 0.2) is 29.6 Å². The molecule has 0 spiro atoms. The average molecular weight is 254 g/mol. The van der Waals surface area contributed by atoms with Crippen LogP contribution in [0.25, 0.3) is 0 Å². The van der Waals surface area contributed by atoms with Crippen LogP contribution >= 0.6 is 0 Å². The number of imidazole rings is 1. The van der Waals surface area contributed by atoms with Crippen LogP contribution < -0.4 is 4.72 Å². The minimum absolute atomic E-state index is 0.0833. The van der Waals surface area contributed by atoms with E-state index in [-0.39, 0.29) is 16.6 Å². The summed E-state index contributed by atoms with van der Waals surface area (Å²) in [7, 11) is -3.81. The molecule has 8 heteroatoms. The fourth-order valence-electron chi connectivity index (χ4n) is 1.19. The molecule has 2 aromatic rings. The van der Waals surface area contributed by atoms with Gasteiger partial charge in [0.05, 0.1) is 6.20 Å². The van der Waals surface area contributed by atoms with Gasteiger partial charge >= 0.3 is 0 Å². The Hall–Kier alpha value is -2.09. The van der Waals surface area contributed by atoms with Crippen LogP contribution in [-0.2, 0) is 10.0 Å². The van der Waals surface area contributed by atoms with E-state index in [9.17, 15) is 13.5 Å². The smallest absolute Gasteiger partial charge is 0.280 e. The Morgan fingerprint density at radius 1 is 1.41 bits per heavy atom. The van der Waals surface area contributed by atoms with Crippen molar-refractivity contribution in [3.63, 3.8) is 0 Å². The Bertz CT molecular complexity index is 635. The molecule has 0 aliphatic carbocycles. The minimum atomic E-state index is -3.81. The van der Waals surface area contributed by atoms with Crippen molar-refractivity contribution in [3.8, 4) is 5.75 Å². The van der Waals surface area contributed by atoms with Gasteiger partial charge in [-0.25, -0.2) is 9.97 Å². The molecule has 7 nitrogen and oxygen atoms in total. The lowest BCUT2D eigenvalue weighted by Crippen LogP contribution is -2.14. The molecule has 2 aromatic heterocycles. The second kappa shape index (κ2) is 4.06. The third kappa shape index (κ3) is 2.36. The molecule has 0 unspecified atom stereocenters. The number of aromatic hydroxyl groups is 1. The van der Waals surface area contributed by atoms with Crippen molar-refractivity contribution in [1.29, 1.82) is 0 Å². The van der Waals surface area contributed by atoms with Crippen LogP contribution in [0.4, 0.5) is 5.82 Å². The van der Waals surface area contributed by atoms with Gasteiger partial charge in [0, 0.05) is 6.20 Å². The first-order chi connectivity index (χ1) is 7.99. The van der Waals surface area contributed by atoms with Crippen molar-refractivity contribution >= 4 is 15.8 Å². The summed E-state index contributed by atoms with van der Waals surface area (Å²) >= 11 is 0. The first kappa shape index (κ1) is 11.4. The van der Waals surface area contributed by atoms with E-state index < -0.39 is 10.0 Å². The first-order valence-electron chi connectivity index (χ1n) is 4.67. The number of aryl methyl sites for hydroxylation is 1. The molecular weight excluding hydrogens is 244 g/mol. The van der Waals surface area contributed by atoms with Crippen molar-refractivity contribution in [3.05, 3.63) is 30.4 Å². The Kier molecular flexibility index (Phi) is 2.72. The number of nitrogens with zero attached hydrogens (tertiary/aromatic N) is 2. The van der Waals surface area contributed by atoms with E-state index in [1.54, 1.807) is 6.92 Å². The number of hydrogen-bond acceptors (Lipinski definition) is 5. The zero-order chi connectivity index (χ0) is 12.5. The molecule has 0 aromatic carbocycles. The van der Waals surface area contributed by atoms with Gasteiger partial charge in [0.25, 0.3) is 10.0 Å². The highest BCUT2D eigenvalue weighted by molar-refractivity contribution is 7.92. The lowest BCUT2D eigenvalue weighted by Gasteiger charge is -2.06. The monoisotopic (exact) mass is 254 g/mol. The fraction of sp³-hybridized carbons (Fsp3) is 0.111. The molecule has 0 saturated carbocycles. The maximum atomic E-state index is 11.8. The standard InChI is InChI=1S/C9H10N4O3S/c1-6-11-5-8(12-6)17(15,16)13-9-7(14)3-2-4-10-9/h2-5,14H,1H3,(H,10,13)(H,11,12). The summed E-state index contributed by atoms with van der Waals surface area (Å²) in [4.78, 5) is 10.1. The third-order valence-electron chi connectivity index (χ3n) is 1.99. The number of hydrogen-bond donors (Lipinski definition) is 3. The van der Waals surface area contributed by atoms with E-state index in [1.807, 2.05) is 0 Å². The second-order valence-corrected chi connectivity index (χ2v) is 4.96. The number of sulfonamides is 1. The van der Waals surface area contributed by atoms with E-state index in [0.29, 0.717) is 5.82 Å². The fourth-order valence-corrected chi connectivity index (χ4v) is 2.19. The van der Waals surface area contributed by atoms with Crippen molar-refractivity contribution in [2.24, 2.45) is 0 Å². The Balaban J connectivity index is 2.33. The largest absolute Gasteiger partial charge is 0.504 e. The molecule has 0 atom stereocenters. The highest BCUT2D eigenvalue weighted by Gasteiger charge is 2.18. The van der Waals surface area contributed by atoms with Gasteiger partial charge < -0.3 is 10.1 Å². The number of anilines is 1. The van der Waals surface area contributed by atoms with Crippen LogP contribution in [0.1, 0.15) is 5.82 Å². The van der Waals surface area contributed by atoms with Crippen molar-refractivity contribution in [2.75, 3.05) is 4.72 Å². The zero-order valence-corrected chi connectivity index (χ0v) is 9.69. The van der Waals surface area contributed by atoms with Gasteiger partial charge in [-0.1, -0.05) is 0 Å². The number of aromatic amines is 1. The van der Waals surface area contributed by atoms with Crippen LogP contribution in [0.2, 0.25) is 0 Å². The molecule has 0 saturated heterocycles. The molecule has 2 rings (SSSR count). The number of nitrogens with one attached hydrogen (secondary N) is 2. The van der Waals surface area contributed by atoms with Gasteiger partial charge in [0.15, 0.2) is 16.6 Å². The summed E-state index contributed by atoms with van der Waals surface area (Å²) in [6, 6.07) is 2.83. The van der Waals surface area contributed by atoms with Crippen LogP contribution in [0, 0.1) is 6.92 Å². The van der Waals surface area contributed by atoms with Gasteiger partial charge in [-0.3, -0.25) is 4.72 Å². The minimum Gasteiger partial charge on any atom is -0.504 e. The Morgan fingerprint density at radius 2 is 2.18 bits per heavy atom. The molecule has 0 aliphatic heterocycles. The molecule has 17 heavy (non-hydrogen) atoms. The Labute approximate surface area is 97.6 Å². The second-order valence-electron chi connectivity index (χ2n) is 3.31. The first-order valence-corrected chi connectivity index (χ1v) is 6.16. The molecule has 3 N–H and O–H groups in total. The molecular formula is C9H10N4O3S. The van der Waals surface area contributed by atoms with E-state index >= 15 is 0 Å². The SMILES string of the molecule is Cc1ncc(S(=O)(=O)Nc2ncccc2O)[nH]1. The zero-order valence-electron chi connectivity index (χ0n) is 8.88. The number of rotatable bonds is 3.